The summed E-state index contributed by atoms with van der Waals surface area (Å²) in [6, 6.07) is 0. The van der Waals surface area contributed by atoms with Crippen molar-refractivity contribution in [3.8, 4) is 5.92 Å². The van der Waals surface area contributed by atoms with Crippen LogP contribution in [-0.4, -0.2) is 0 Å². The van der Waals surface area contributed by atoms with Crippen LogP contribution in [-0.2, 0) is 0 Å². The fraction of sp³-hybridized carbons (Fsp3) is 0.333. The third-order valence-corrected chi connectivity index (χ3v) is 0. The Bertz CT molecular complexity index is 24.8. The summed E-state index contributed by atoms with van der Waals surface area (Å²) >= 11 is 0. The summed E-state index contributed by atoms with van der Waals surface area (Å²) in [5.41, 5.74) is 0. The van der Waals surface area contributed by atoms with Crippen LogP contribution < -0.4 is 0 Å². The SMILES string of the molecule is [C-]#CC.[Yb]. The molecule has 0 aliphatic carbocycles. The average Bonchev–Trinajstić information content (AvgIpc) is 0.918. The molecule has 0 spiro atoms. The third kappa shape index (κ3) is 11.4. The van der Waals surface area contributed by atoms with Crippen LogP contribution in [0.15, 0.2) is 0 Å². The molecule has 0 aromatic heterocycles. The Hall–Kier alpha value is 1.08. The van der Waals surface area contributed by atoms with E-state index in [0.29, 0.717) is 0 Å². The second-order valence-electron chi connectivity index (χ2n) is 0.250. The largest absolute Gasteiger partial charge is 0.694 e. The molecular formula is C3H3Yb-. The molecule has 0 aliphatic rings. The van der Waals surface area contributed by atoms with E-state index in [1.807, 2.05) is 5.92 Å². The smallest absolute Gasteiger partial charge is 0 e. The van der Waals surface area contributed by atoms with Gasteiger partial charge in [0, 0.05) is 46.9 Å². The van der Waals surface area contributed by atoms with Crippen molar-refractivity contribution in [1.82, 2.24) is 0 Å². The van der Waals surface area contributed by atoms with Crippen LogP contribution in [0.2, 0.25) is 0 Å². The molecule has 0 heterocycles. The van der Waals surface area contributed by atoms with E-state index in [0.717, 1.165) is 0 Å². The molecule has 0 saturated heterocycles. The van der Waals surface area contributed by atoms with Gasteiger partial charge < -0.3 is 12.3 Å². The van der Waals surface area contributed by atoms with E-state index in [1.54, 1.807) is 6.92 Å². The maximum absolute atomic E-state index is 5.96. The summed E-state index contributed by atoms with van der Waals surface area (Å²) in [5, 5.41) is 0. The van der Waals surface area contributed by atoms with Crippen molar-refractivity contribution >= 4 is 0 Å². The zero-order valence-corrected chi connectivity index (χ0v) is 3.98. The monoisotopic (exact) mass is 213 g/mol. The molecule has 4 heavy (non-hydrogen) atoms. The maximum Gasteiger partial charge on any atom is 0 e. The molecule has 0 fully saturated rings. The zero-order valence-electron chi connectivity index (χ0n) is 2.27. The first-order valence-electron chi connectivity index (χ1n) is 0.750. The van der Waals surface area contributed by atoms with Crippen LogP contribution in [0.5, 0.6) is 0 Å². The second kappa shape index (κ2) is 8.95. The molecular weight excluding hydrogens is 209 g/mol. The van der Waals surface area contributed by atoms with E-state index in [-0.39, 0.29) is 46.9 Å². The summed E-state index contributed by atoms with van der Waals surface area (Å²) in [6.07, 6.45) is 5.96. The minimum absolute atomic E-state index is 0. The first kappa shape index (κ1) is 8.91. The van der Waals surface area contributed by atoms with E-state index >= 15 is 0 Å². The molecule has 0 atom stereocenters. The van der Waals surface area contributed by atoms with Crippen molar-refractivity contribution in [2.45, 2.75) is 6.92 Å². The van der Waals surface area contributed by atoms with Gasteiger partial charge in [0.2, 0.25) is 0 Å². The van der Waals surface area contributed by atoms with Crippen LogP contribution in [0.25, 0.3) is 0 Å². The van der Waals surface area contributed by atoms with Crippen LogP contribution in [0.4, 0.5) is 0 Å². The Morgan fingerprint density at radius 1 is 1.75 bits per heavy atom. The van der Waals surface area contributed by atoms with Gasteiger partial charge in [-0.25, -0.2) is 0 Å². The fourth-order valence-corrected chi connectivity index (χ4v) is 0. The Kier molecular flexibility index (Phi) is 19.9. The normalized spacial score (nSPS) is 2.00. The van der Waals surface area contributed by atoms with E-state index in [9.17, 15) is 0 Å². The standard InChI is InChI=1S/C3H3.Yb/c1-3-2;/h1H3;/q-1;. The van der Waals surface area contributed by atoms with E-state index in [4.69, 9.17) is 6.42 Å². The molecule has 0 unspecified atom stereocenters. The fourth-order valence-electron chi connectivity index (χ4n) is 0. The van der Waals surface area contributed by atoms with E-state index < -0.39 is 0 Å². The molecule has 0 N–H and O–H groups in total. The molecule has 0 aromatic rings. The summed E-state index contributed by atoms with van der Waals surface area (Å²) in [5.74, 6) is 2.00. The molecule has 1 heteroatoms. The van der Waals surface area contributed by atoms with Crippen LogP contribution in [0.3, 0.4) is 0 Å². The predicted molar refractivity (Wildman–Crippen MR) is 12.8 cm³/mol. The first-order valence-corrected chi connectivity index (χ1v) is 0.750. The van der Waals surface area contributed by atoms with E-state index in [2.05, 4.69) is 0 Å². The maximum atomic E-state index is 5.96. The molecule has 0 nitrogen and oxygen atoms in total. The zero-order chi connectivity index (χ0) is 2.71. The second-order valence-corrected chi connectivity index (χ2v) is 0.250. The van der Waals surface area contributed by atoms with Crippen molar-refractivity contribution < 1.29 is 46.9 Å². The van der Waals surface area contributed by atoms with Crippen LogP contribution in [0, 0.1) is 59.3 Å². The van der Waals surface area contributed by atoms with Crippen molar-refractivity contribution in [1.29, 1.82) is 0 Å². The molecule has 0 rings (SSSR count). The molecule has 0 bridgehead atoms. The predicted octanol–water partition coefficient (Wildman–Crippen LogP) is 0.596. The quantitative estimate of drug-likeness (QED) is 0.407. The minimum Gasteiger partial charge on any atom is -0.694 e. The van der Waals surface area contributed by atoms with Gasteiger partial charge in [-0.15, -0.1) is 0 Å². The Morgan fingerprint density at radius 2 is 1.75 bits per heavy atom. The number of hydrogen-bond acceptors (Lipinski definition) is 0. The van der Waals surface area contributed by atoms with Crippen molar-refractivity contribution in [3.05, 3.63) is 6.42 Å². The number of rotatable bonds is 0. The average molecular weight is 212 g/mol. The van der Waals surface area contributed by atoms with Crippen molar-refractivity contribution in [3.63, 3.8) is 0 Å². The number of hydrogen-bond donors (Lipinski definition) is 0. The van der Waals surface area contributed by atoms with Gasteiger partial charge in [0.05, 0.1) is 0 Å². The van der Waals surface area contributed by atoms with Crippen LogP contribution in [0.1, 0.15) is 6.92 Å². The van der Waals surface area contributed by atoms with Gasteiger partial charge in [0.15, 0.2) is 0 Å². The van der Waals surface area contributed by atoms with Gasteiger partial charge in [-0.3, -0.25) is 0 Å². The summed E-state index contributed by atoms with van der Waals surface area (Å²) in [7, 11) is 0. The summed E-state index contributed by atoms with van der Waals surface area (Å²) in [4.78, 5) is 0. The van der Waals surface area contributed by atoms with Gasteiger partial charge in [0.25, 0.3) is 0 Å². The van der Waals surface area contributed by atoms with Gasteiger partial charge in [-0.2, -0.15) is 0 Å². The first-order chi connectivity index (χ1) is 1.41. The summed E-state index contributed by atoms with van der Waals surface area (Å²) in [6.45, 7) is 1.54. The molecule has 0 radical (unpaired) electrons. The summed E-state index contributed by atoms with van der Waals surface area (Å²) < 4.78 is 0. The topological polar surface area (TPSA) is 0 Å². The molecule has 0 aromatic carbocycles. The van der Waals surface area contributed by atoms with Crippen molar-refractivity contribution in [2.75, 3.05) is 0 Å². The van der Waals surface area contributed by atoms with Gasteiger partial charge in [0.1, 0.15) is 0 Å². The third-order valence-electron chi connectivity index (χ3n) is 0. The molecule has 0 aliphatic heterocycles. The molecule has 0 saturated carbocycles. The Morgan fingerprint density at radius 3 is 1.75 bits per heavy atom. The Labute approximate surface area is 65.2 Å². The minimum atomic E-state index is 0. The van der Waals surface area contributed by atoms with Crippen molar-refractivity contribution in [2.24, 2.45) is 0 Å². The van der Waals surface area contributed by atoms with Gasteiger partial charge in [-0.05, 0) is 6.92 Å². The Balaban J connectivity index is 0. The van der Waals surface area contributed by atoms with E-state index in [1.165, 1.54) is 0 Å². The van der Waals surface area contributed by atoms with Gasteiger partial charge in [-0.1, -0.05) is 0 Å². The van der Waals surface area contributed by atoms with Gasteiger partial charge >= 0.3 is 0 Å². The van der Waals surface area contributed by atoms with Crippen LogP contribution >= 0.6 is 0 Å². The molecule has 30 valence electrons. The molecule has 0 amide bonds.